The van der Waals surface area contributed by atoms with Gasteiger partial charge < -0.3 is 11.1 Å². The third-order valence-electron chi connectivity index (χ3n) is 1.93. The van der Waals surface area contributed by atoms with E-state index in [-0.39, 0.29) is 0 Å². The van der Waals surface area contributed by atoms with Gasteiger partial charge >= 0.3 is 0 Å². The maximum atomic E-state index is 13.3. The van der Waals surface area contributed by atoms with E-state index in [0.29, 0.717) is 6.07 Å². The highest BCUT2D eigenvalue weighted by Gasteiger charge is 2.24. The molecule has 92 valence electrons. The lowest BCUT2D eigenvalue weighted by Gasteiger charge is -2.09. The minimum absolute atomic E-state index is 0.606. The summed E-state index contributed by atoms with van der Waals surface area (Å²) in [5, 5.41) is 12.5. The van der Waals surface area contributed by atoms with E-state index in [1.54, 1.807) is 0 Å². The SMILES string of the molecule is C[C@H](N)C(=O)Nc1c([N+](=O)[O-])ccc(F)c1F. The average molecular weight is 245 g/mol. The molecule has 8 heteroatoms. The summed E-state index contributed by atoms with van der Waals surface area (Å²) in [6, 6.07) is 0.363. The standard InChI is InChI=1S/C9H9F2N3O3/c1-4(12)9(15)13-8-6(14(16)17)3-2-5(10)7(8)11/h2-4H,12H2,1H3,(H,13,15)/t4-/m0/s1. The molecule has 0 aliphatic rings. The van der Waals surface area contributed by atoms with Gasteiger partial charge in [0.25, 0.3) is 5.69 Å². The quantitative estimate of drug-likeness (QED) is 0.616. The smallest absolute Gasteiger partial charge is 0.296 e. The molecule has 0 radical (unpaired) electrons. The van der Waals surface area contributed by atoms with E-state index in [1.165, 1.54) is 6.92 Å². The number of nitrogens with two attached hydrogens (primary N) is 1. The first kappa shape index (κ1) is 13.0. The van der Waals surface area contributed by atoms with Gasteiger partial charge in [0.1, 0.15) is 0 Å². The van der Waals surface area contributed by atoms with Crippen molar-refractivity contribution in [1.82, 2.24) is 0 Å². The second-order valence-electron chi connectivity index (χ2n) is 3.29. The third kappa shape index (κ3) is 2.72. The molecule has 1 rings (SSSR count). The van der Waals surface area contributed by atoms with Crippen molar-refractivity contribution in [2.75, 3.05) is 5.32 Å². The van der Waals surface area contributed by atoms with Crippen molar-refractivity contribution < 1.29 is 18.5 Å². The Morgan fingerprint density at radius 3 is 2.59 bits per heavy atom. The minimum Gasteiger partial charge on any atom is -0.320 e. The molecule has 0 aromatic heterocycles. The summed E-state index contributed by atoms with van der Waals surface area (Å²) in [6.07, 6.45) is 0. The lowest BCUT2D eigenvalue weighted by Crippen LogP contribution is -2.33. The number of nitro benzene ring substituents is 1. The fraction of sp³-hybridized carbons (Fsp3) is 0.222. The summed E-state index contributed by atoms with van der Waals surface area (Å²) < 4.78 is 26.2. The molecule has 0 aliphatic carbocycles. The lowest BCUT2D eigenvalue weighted by molar-refractivity contribution is -0.384. The Hall–Kier alpha value is -2.09. The number of hydrogen-bond donors (Lipinski definition) is 2. The Bertz CT molecular complexity index is 477. The molecule has 3 N–H and O–H groups in total. The van der Waals surface area contributed by atoms with Crippen molar-refractivity contribution in [3.8, 4) is 0 Å². The maximum Gasteiger partial charge on any atom is 0.296 e. The largest absolute Gasteiger partial charge is 0.320 e. The fourth-order valence-corrected chi connectivity index (χ4v) is 1.05. The molecule has 17 heavy (non-hydrogen) atoms. The van der Waals surface area contributed by atoms with Crippen LogP contribution in [0.4, 0.5) is 20.2 Å². The summed E-state index contributed by atoms with van der Waals surface area (Å²) >= 11 is 0. The number of nitrogens with one attached hydrogen (secondary N) is 1. The molecule has 1 amide bonds. The zero-order valence-electron chi connectivity index (χ0n) is 8.74. The van der Waals surface area contributed by atoms with Crippen LogP contribution in [0.5, 0.6) is 0 Å². The normalized spacial score (nSPS) is 12.0. The Morgan fingerprint density at radius 1 is 1.53 bits per heavy atom. The van der Waals surface area contributed by atoms with Crippen LogP contribution in [-0.2, 0) is 4.79 Å². The number of anilines is 1. The molecule has 0 spiro atoms. The molecule has 0 saturated heterocycles. The second-order valence-corrected chi connectivity index (χ2v) is 3.29. The van der Waals surface area contributed by atoms with Gasteiger partial charge in [-0.3, -0.25) is 14.9 Å². The fourth-order valence-electron chi connectivity index (χ4n) is 1.05. The van der Waals surface area contributed by atoms with E-state index in [9.17, 15) is 23.7 Å². The van der Waals surface area contributed by atoms with Crippen molar-refractivity contribution in [2.45, 2.75) is 13.0 Å². The Kier molecular flexibility index (Phi) is 3.69. The van der Waals surface area contributed by atoms with Gasteiger partial charge in [0.15, 0.2) is 17.3 Å². The number of carbonyl (C=O) groups is 1. The van der Waals surface area contributed by atoms with Gasteiger partial charge in [0, 0.05) is 6.07 Å². The van der Waals surface area contributed by atoms with Gasteiger partial charge in [0.05, 0.1) is 11.0 Å². The Morgan fingerprint density at radius 2 is 2.12 bits per heavy atom. The van der Waals surface area contributed by atoms with Crippen LogP contribution in [-0.4, -0.2) is 16.9 Å². The molecule has 0 aliphatic heterocycles. The van der Waals surface area contributed by atoms with E-state index < -0.39 is 39.9 Å². The number of amides is 1. The van der Waals surface area contributed by atoms with Gasteiger partial charge in [-0.15, -0.1) is 0 Å². The number of carbonyl (C=O) groups excluding carboxylic acids is 1. The number of rotatable bonds is 3. The van der Waals surface area contributed by atoms with Crippen LogP contribution < -0.4 is 11.1 Å². The number of benzene rings is 1. The van der Waals surface area contributed by atoms with Gasteiger partial charge in [-0.1, -0.05) is 0 Å². The van der Waals surface area contributed by atoms with Crippen molar-refractivity contribution >= 4 is 17.3 Å². The third-order valence-corrected chi connectivity index (χ3v) is 1.93. The van der Waals surface area contributed by atoms with Crippen LogP contribution >= 0.6 is 0 Å². The number of halogens is 2. The predicted octanol–water partition coefficient (Wildman–Crippen LogP) is 1.16. The number of nitro groups is 1. The van der Waals surface area contributed by atoms with Crippen LogP contribution in [0.25, 0.3) is 0 Å². The minimum atomic E-state index is -1.49. The predicted molar refractivity (Wildman–Crippen MR) is 55.3 cm³/mol. The average Bonchev–Trinajstić information content (AvgIpc) is 2.24. The number of nitrogens with zero attached hydrogens (tertiary/aromatic N) is 1. The molecule has 6 nitrogen and oxygen atoms in total. The lowest BCUT2D eigenvalue weighted by atomic mass is 10.2. The van der Waals surface area contributed by atoms with Crippen LogP contribution in [0.1, 0.15) is 6.92 Å². The summed E-state index contributed by atoms with van der Waals surface area (Å²) in [7, 11) is 0. The van der Waals surface area contributed by atoms with E-state index in [0.717, 1.165) is 6.07 Å². The van der Waals surface area contributed by atoms with Crippen molar-refractivity contribution in [1.29, 1.82) is 0 Å². The highest BCUT2D eigenvalue weighted by atomic mass is 19.2. The summed E-state index contributed by atoms with van der Waals surface area (Å²) in [5.74, 6) is -3.64. The number of hydrogen-bond acceptors (Lipinski definition) is 4. The molecule has 0 bridgehead atoms. The second kappa shape index (κ2) is 4.83. The first-order valence-electron chi connectivity index (χ1n) is 4.53. The van der Waals surface area contributed by atoms with Crippen molar-refractivity contribution in [2.24, 2.45) is 5.73 Å². The summed E-state index contributed by atoms with van der Waals surface area (Å²) in [4.78, 5) is 20.8. The first-order chi connectivity index (χ1) is 7.84. The molecule has 0 unspecified atom stereocenters. The van der Waals surface area contributed by atoms with Crippen molar-refractivity contribution in [3.63, 3.8) is 0 Å². The first-order valence-corrected chi connectivity index (χ1v) is 4.53. The van der Waals surface area contributed by atoms with Crippen molar-refractivity contribution in [3.05, 3.63) is 33.9 Å². The molecule has 1 atom stereocenters. The molecule has 1 aromatic rings. The zero-order chi connectivity index (χ0) is 13.2. The van der Waals surface area contributed by atoms with Crippen LogP contribution in [0, 0.1) is 21.7 Å². The summed E-state index contributed by atoms with van der Waals surface area (Å²) in [5.41, 5.74) is 3.64. The zero-order valence-corrected chi connectivity index (χ0v) is 8.74. The van der Waals surface area contributed by atoms with Crippen LogP contribution in [0.2, 0.25) is 0 Å². The Balaban J connectivity index is 3.24. The van der Waals surface area contributed by atoms with Crippen LogP contribution in [0.15, 0.2) is 12.1 Å². The highest BCUT2D eigenvalue weighted by Crippen LogP contribution is 2.28. The van der Waals surface area contributed by atoms with Gasteiger partial charge in [-0.2, -0.15) is 0 Å². The van der Waals surface area contributed by atoms with Gasteiger partial charge in [-0.25, -0.2) is 8.78 Å². The summed E-state index contributed by atoms with van der Waals surface area (Å²) in [6.45, 7) is 1.30. The van der Waals surface area contributed by atoms with E-state index in [2.05, 4.69) is 0 Å². The van der Waals surface area contributed by atoms with Crippen LogP contribution in [0.3, 0.4) is 0 Å². The molecule has 0 fully saturated rings. The molecule has 1 aromatic carbocycles. The monoisotopic (exact) mass is 245 g/mol. The van der Waals surface area contributed by atoms with E-state index >= 15 is 0 Å². The molecular weight excluding hydrogens is 236 g/mol. The maximum absolute atomic E-state index is 13.3. The molecule has 0 heterocycles. The Labute approximate surface area is 94.6 Å². The molecule has 0 saturated carbocycles. The van der Waals surface area contributed by atoms with Gasteiger partial charge in [0.2, 0.25) is 5.91 Å². The van der Waals surface area contributed by atoms with Gasteiger partial charge in [-0.05, 0) is 13.0 Å². The topological polar surface area (TPSA) is 98.3 Å². The van der Waals surface area contributed by atoms with E-state index in [4.69, 9.17) is 5.73 Å². The highest BCUT2D eigenvalue weighted by molar-refractivity contribution is 5.96. The van der Waals surface area contributed by atoms with E-state index in [1.807, 2.05) is 5.32 Å². The molecular formula is C9H9F2N3O3.